The topological polar surface area (TPSA) is 637 Å². The van der Waals surface area contributed by atoms with Crippen LogP contribution in [-0.2, 0) is 112 Å². The van der Waals surface area contributed by atoms with E-state index in [1.165, 1.54) is 78.7 Å². The summed E-state index contributed by atoms with van der Waals surface area (Å²) in [5.41, 5.74) is 11.8. The Morgan fingerprint density at radius 2 is 1.14 bits per heavy atom. The van der Waals surface area contributed by atoms with E-state index in [1.807, 2.05) is 13.8 Å². The van der Waals surface area contributed by atoms with Crippen LogP contribution in [0.15, 0.2) is 97.7 Å². The highest BCUT2D eigenvalue weighted by atomic mass is 32.2. The van der Waals surface area contributed by atoms with E-state index in [0.717, 1.165) is 36.3 Å². The molecular formula is C88H119N21O22S. The monoisotopic (exact) mass is 1850 g/mol. The summed E-state index contributed by atoms with van der Waals surface area (Å²) >= 11 is 0.759. The zero-order valence-corrected chi connectivity index (χ0v) is 75.6. The molecule has 0 radical (unpaired) electrons. The molecule has 3 aliphatic heterocycles. The van der Waals surface area contributed by atoms with Crippen molar-refractivity contribution in [3.63, 3.8) is 0 Å². The first kappa shape index (κ1) is 102. The molecule has 21 N–H and O–H groups in total. The van der Waals surface area contributed by atoms with E-state index in [1.54, 1.807) is 60.9 Å². The summed E-state index contributed by atoms with van der Waals surface area (Å²) in [7, 11) is 3.86. The van der Waals surface area contributed by atoms with E-state index < -0.39 is 260 Å². The average Bonchev–Trinajstić information content (AvgIpc) is 1.73. The number of benzene rings is 3. The number of nitrogens with one attached hydrogen (secondary N) is 13. The lowest BCUT2D eigenvalue weighted by Crippen LogP contribution is -2.62. The molecule has 1 unspecified atom stereocenters. The number of aliphatic hydroxyl groups is 2. The molecule has 17 amide bonds. The minimum absolute atomic E-state index is 0.00151. The zero-order valence-electron chi connectivity index (χ0n) is 74.8. The summed E-state index contributed by atoms with van der Waals surface area (Å²) in [6.07, 6.45) is 1.97. The van der Waals surface area contributed by atoms with Crippen LogP contribution in [0, 0.1) is 0 Å². The Kier molecular flexibility index (Phi) is 36.7. The number of carboxylic acids is 1. The van der Waals surface area contributed by atoms with Crippen LogP contribution in [0.25, 0.3) is 21.8 Å². The van der Waals surface area contributed by atoms with Gasteiger partial charge in [0.15, 0.2) is 0 Å². The number of amides is 17. The van der Waals surface area contributed by atoms with Gasteiger partial charge in [0.05, 0.1) is 37.8 Å². The molecule has 3 fully saturated rings. The van der Waals surface area contributed by atoms with Gasteiger partial charge in [0, 0.05) is 125 Å². The Labute approximate surface area is 764 Å². The maximum absolute atomic E-state index is 15.6. The third-order valence-electron chi connectivity index (χ3n) is 23.7. The number of aromatic nitrogens is 4. The first-order chi connectivity index (χ1) is 62.7. The first-order valence-corrected chi connectivity index (χ1v) is 44.8. The van der Waals surface area contributed by atoms with Crippen LogP contribution >= 0.6 is 11.8 Å². The van der Waals surface area contributed by atoms with Gasteiger partial charge in [-0.3, -0.25) is 86.3 Å². The third-order valence-corrected chi connectivity index (χ3v) is 24.8. The van der Waals surface area contributed by atoms with Crippen molar-refractivity contribution in [3.05, 3.63) is 120 Å². The number of phenols is 1. The van der Waals surface area contributed by atoms with E-state index in [4.69, 9.17) is 11.5 Å². The second-order valence-corrected chi connectivity index (χ2v) is 34.7. The van der Waals surface area contributed by atoms with Gasteiger partial charge in [-0.15, -0.1) is 11.8 Å². The molecule has 0 bridgehead atoms. The van der Waals surface area contributed by atoms with Gasteiger partial charge in [0.2, 0.25) is 100 Å². The van der Waals surface area contributed by atoms with Gasteiger partial charge < -0.3 is 125 Å². The van der Waals surface area contributed by atoms with Crippen LogP contribution in [0.5, 0.6) is 5.75 Å². The van der Waals surface area contributed by atoms with Gasteiger partial charge >= 0.3 is 5.97 Å². The predicted molar refractivity (Wildman–Crippen MR) is 478 cm³/mol. The largest absolute Gasteiger partial charge is 0.508 e. The van der Waals surface area contributed by atoms with Crippen molar-refractivity contribution in [3.8, 4) is 5.75 Å². The van der Waals surface area contributed by atoms with Gasteiger partial charge in [-0.2, -0.15) is 0 Å². The molecule has 714 valence electrons. The lowest BCUT2D eigenvalue weighted by molar-refractivity contribution is -0.149. The number of carbonyl (C=O) groups is 18. The molecule has 3 aromatic heterocycles. The van der Waals surface area contributed by atoms with Gasteiger partial charge in [0.25, 0.3) is 0 Å². The van der Waals surface area contributed by atoms with Crippen LogP contribution in [0.2, 0.25) is 0 Å². The number of likely N-dealkylation sites (N-methyl/N-ethyl adjacent to an activating group) is 3. The Hall–Kier alpha value is -13.5. The van der Waals surface area contributed by atoms with Crippen LogP contribution < -0.4 is 64.6 Å². The molecule has 0 spiro atoms. The van der Waals surface area contributed by atoms with Gasteiger partial charge in [0.1, 0.15) is 89.8 Å². The molecule has 6 heterocycles. The molecule has 15 atom stereocenters. The molecule has 0 aliphatic carbocycles. The highest BCUT2D eigenvalue weighted by molar-refractivity contribution is 8.00. The molecule has 3 saturated heterocycles. The number of hydrogen-bond donors (Lipinski definition) is 19. The smallest absolute Gasteiger partial charge is 0.305 e. The second-order valence-electron chi connectivity index (χ2n) is 33.7. The summed E-state index contributed by atoms with van der Waals surface area (Å²) in [5, 5.41) is 70.1. The highest BCUT2D eigenvalue weighted by Gasteiger charge is 2.48. The number of phenolic OH excluding ortho intramolecular Hbond substituents is 1. The number of hydrogen-bond acceptors (Lipinski definition) is 23. The highest BCUT2D eigenvalue weighted by Crippen LogP contribution is 2.29. The summed E-state index contributed by atoms with van der Waals surface area (Å²) < 4.78 is 0. The van der Waals surface area contributed by atoms with Crippen molar-refractivity contribution in [1.82, 2.24) is 97.6 Å². The van der Waals surface area contributed by atoms with Crippen LogP contribution in [0.1, 0.15) is 134 Å². The number of carbonyl (C=O) groups excluding carboxylic acids is 17. The Morgan fingerprint density at radius 3 is 1.73 bits per heavy atom. The van der Waals surface area contributed by atoms with Crippen LogP contribution in [0.4, 0.5) is 0 Å². The number of rotatable bonds is 23. The van der Waals surface area contributed by atoms with E-state index in [9.17, 15) is 68.4 Å². The number of primary amides is 2. The van der Waals surface area contributed by atoms with Crippen LogP contribution in [-0.4, -0.2) is 320 Å². The van der Waals surface area contributed by atoms with Gasteiger partial charge in [-0.05, 0) is 93.8 Å². The van der Waals surface area contributed by atoms with Crippen molar-refractivity contribution in [1.29, 1.82) is 0 Å². The minimum atomic E-state index is -2.00. The Morgan fingerprint density at radius 1 is 0.583 bits per heavy atom. The summed E-state index contributed by atoms with van der Waals surface area (Å²) in [6.45, 7) is 4.89. The lowest BCUT2D eigenvalue weighted by atomic mass is 9.90. The van der Waals surface area contributed by atoms with Gasteiger partial charge in [-0.25, -0.2) is 4.98 Å². The molecule has 3 aromatic carbocycles. The third kappa shape index (κ3) is 27.1. The second kappa shape index (κ2) is 47.3. The van der Waals surface area contributed by atoms with Crippen molar-refractivity contribution >= 4 is 140 Å². The number of aliphatic hydroxyl groups excluding tert-OH is 2. The average molecular weight is 1860 g/mol. The predicted octanol–water partition coefficient (Wildman–Crippen LogP) is -2.96. The van der Waals surface area contributed by atoms with Gasteiger partial charge in [-0.1, -0.05) is 88.1 Å². The molecule has 6 aromatic rings. The normalized spacial score (nSPS) is 25.6. The number of thioether (sulfide) groups is 1. The molecular weight excluding hydrogens is 1740 g/mol. The molecule has 0 saturated carbocycles. The molecule has 132 heavy (non-hydrogen) atoms. The number of nitrogens with two attached hydrogens (primary N) is 2. The quantitative estimate of drug-likeness (QED) is 0.0305. The number of aliphatic carboxylic acids is 1. The number of para-hydroxylation sites is 2. The number of H-pyrrole nitrogens is 3. The number of carboxylic acid groups (broad SMARTS) is 1. The zero-order chi connectivity index (χ0) is 96.5. The fraction of sp³-hybridized carbons (Fsp3) is 0.511. The number of unbranched alkanes of at least 4 members (excludes halogenated alkanes) is 2. The fourth-order valence-electron chi connectivity index (χ4n) is 16.3. The van der Waals surface area contributed by atoms with E-state index in [2.05, 4.69) is 73.1 Å². The summed E-state index contributed by atoms with van der Waals surface area (Å²) in [4.78, 5) is 279. The maximum Gasteiger partial charge on any atom is 0.305 e. The first-order valence-electron chi connectivity index (χ1n) is 43.7. The molecule has 3 aliphatic rings. The fourth-order valence-corrected chi connectivity index (χ4v) is 17.2. The van der Waals surface area contributed by atoms with Crippen molar-refractivity contribution < 1.29 is 107 Å². The van der Waals surface area contributed by atoms with Crippen molar-refractivity contribution in [2.24, 2.45) is 11.5 Å². The van der Waals surface area contributed by atoms with E-state index in [0.29, 0.717) is 64.2 Å². The molecule has 43 nitrogen and oxygen atoms in total. The number of nitrogens with zero attached hydrogens (tertiary/aromatic N) is 6. The molecule has 44 heteroatoms. The number of fused-ring (bicyclic) bond motifs is 4. The van der Waals surface area contributed by atoms with Crippen molar-refractivity contribution in [2.45, 2.75) is 228 Å². The Bertz CT molecular complexity index is 5190. The maximum atomic E-state index is 15.6. The standard InChI is InChI=1S/C88H119N21O22S/c1-9-11-22-66-80(124)96-47(3)74(118)103-65(76(120)94-41-71(90)114)44-132-45-72(115)104-88(5,37-49-25-27-53(111)28-26-49)87(131)105(6)48(4)75(119)100-63(36-73(116)117)85(129)108-31-17-24-67(108)81(125)99-61(34-52-40-91-46-95-52)78(122)97-59(29-30-70(89)113)84(128)109-42-54(112)35-69(109)82(126)98-60(32-50-38-92-57-20-15-13-18-55(50)57)77(121)102-64(43-110)79(123)101-62(33-51-39-93-58-21-16-14-19-56(51)58)83(127)107(8)68(23-12-10-2)86(130)106(66)7/h13-16,18-21,25-28,38-40,46-48,54,59-69,92-93,110-112H,9-12,17,22-24,29-37,41-45H2,1-8H3,(H2,89,113)(H2,90,114)(H,91,95)(H,94,120)(H,96,124)(H,97,122)(H,98,126)(H,99,125)(H,100,119)(H,101,123)(H,102,121)(H,103,118)(H,104,115)(H,116,117)/t47-,48?,54+,59-,60-,61-,62-,63-,64-,65-,66-,67-,68-,69-,88-/m0/s1. The SMILES string of the molecule is CCCC[C@H]1C(=O)N(C)[C@@H](CCCC)C(=O)N[C@@H](C)C(=O)N[C@H](C(=O)NCC(N)=O)CSCC(=O)N[C@@](C)(Cc2ccc(O)cc2)C(=O)N(C)C(C)C(=O)N[C@@H](CC(=O)O)C(=O)N2CCC[C@H]2C(=O)N[C@@H](Cc2cnc[nH]2)C(=O)N[C@@H](CCC(N)=O)C(=O)N2C[C@H](O)C[C@H]2C(=O)N[C@@H](Cc2c[nH]c3ccccc23)C(=O)N[C@@H](CO)C(=O)N[C@@H](Cc2c[nH]c3ccccc23)C(=O)N1C. The lowest BCUT2D eigenvalue weighted by Gasteiger charge is -2.36. The number of aromatic hydroxyl groups is 1. The number of imidazole rings is 1. The summed E-state index contributed by atoms with van der Waals surface area (Å²) in [6, 6.07) is -1.69. The Balaban J connectivity index is 1.09. The van der Waals surface area contributed by atoms with E-state index in [-0.39, 0.29) is 62.9 Å². The van der Waals surface area contributed by atoms with Crippen LogP contribution in [0.3, 0.4) is 0 Å². The summed E-state index contributed by atoms with van der Waals surface area (Å²) in [5.74, 6) is -19.5. The molecule has 9 rings (SSSR count). The van der Waals surface area contributed by atoms with Crippen molar-refractivity contribution in [2.75, 3.05) is 58.9 Å². The van der Waals surface area contributed by atoms with E-state index >= 15 is 38.4 Å². The number of aromatic amines is 3. The minimum Gasteiger partial charge on any atom is -0.508 e.